The summed E-state index contributed by atoms with van der Waals surface area (Å²) in [5.74, 6) is -0.0819. The number of hydrogen-bond donors (Lipinski definition) is 1. The van der Waals surface area contributed by atoms with E-state index in [1.54, 1.807) is 13.0 Å². The molecule has 1 atom stereocenters. The monoisotopic (exact) mass is 294 g/mol. The highest BCUT2D eigenvalue weighted by molar-refractivity contribution is 5.77. The summed E-state index contributed by atoms with van der Waals surface area (Å²) in [7, 11) is 0. The SMILES string of the molecule is C[C@H](N)c1ccc(F)cc1OCC(=O)N1CCCCCC1. The molecule has 0 saturated carbocycles. The van der Waals surface area contributed by atoms with Gasteiger partial charge in [0.05, 0.1) is 0 Å². The van der Waals surface area contributed by atoms with Gasteiger partial charge in [-0.2, -0.15) is 0 Å². The fourth-order valence-electron chi connectivity index (χ4n) is 2.56. The van der Waals surface area contributed by atoms with Crippen molar-refractivity contribution in [2.45, 2.75) is 38.6 Å². The van der Waals surface area contributed by atoms with Gasteiger partial charge in [-0.1, -0.05) is 18.9 Å². The summed E-state index contributed by atoms with van der Waals surface area (Å²) in [5, 5.41) is 0. The van der Waals surface area contributed by atoms with Crippen molar-refractivity contribution in [2.24, 2.45) is 5.73 Å². The number of benzene rings is 1. The maximum absolute atomic E-state index is 13.3. The zero-order valence-corrected chi connectivity index (χ0v) is 12.5. The summed E-state index contributed by atoms with van der Waals surface area (Å²) in [6.07, 6.45) is 4.42. The average molecular weight is 294 g/mol. The molecule has 1 aromatic carbocycles. The summed E-state index contributed by atoms with van der Waals surface area (Å²) in [4.78, 5) is 14.0. The third-order valence-corrected chi connectivity index (χ3v) is 3.78. The van der Waals surface area contributed by atoms with E-state index in [1.165, 1.54) is 25.0 Å². The summed E-state index contributed by atoms with van der Waals surface area (Å²) in [6, 6.07) is 3.97. The van der Waals surface area contributed by atoms with Gasteiger partial charge in [0.25, 0.3) is 5.91 Å². The number of carbonyl (C=O) groups is 1. The van der Waals surface area contributed by atoms with Gasteiger partial charge in [-0.15, -0.1) is 0 Å². The molecule has 4 nitrogen and oxygen atoms in total. The molecular formula is C16H23FN2O2. The van der Waals surface area contributed by atoms with Gasteiger partial charge in [0.1, 0.15) is 11.6 Å². The quantitative estimate of drug-likeness (QED) is 0.928. The van der Waals surface area contributed by atoms with E-state index in [-0.39, 0.29) is 18.6 Å². The number of nitrogens with two attached hydrogens (primary N) is 1. The number of nitrogens with zero attached hydrogens (tertiary/aromatic N) is 1. The van der Waals surface area contributed by atoms with Gasteiger partial charge in [-0.05, 0) is 25.8 Å². The van der Waals surface area contributed by atoms with Gasteiger partial charge < -0.3 is 15.4 Å². The fraction of sp³-hybridized carbons (Fsp3) is 0.562. The highest BCUT2D eigenvalue weighted by atomic mass is 19.1. The van der Waals surface area contributed by atoms with E-state index in [4.69, 9.17) is 10.5 Å². The summed E-state index contributed by atoms with van der Waals surface area (Å²) >= 11 is 0. The molecule has 116 valence electrons. The van der Waals surface area contributed by atoms with Crippen LogP contribution in [0.4, 0.5) is 4.39 Å². The van der Waals surface area contributed by atoms with Gasteiger partial charge in [-0.3, -0.25) is 4.79 Å². The first-order valence-corrected chi connectivity index (χ1v) is 7.53. The molecule has 2 rings (SSSR count). The van der Waals surface area contributed by atoms with Crippen LogP contribution in [-0.2, 0) is 4.79 Å². The smallest absolute Gasteiger partial charge is 0.260 e. The molecule has 1 fully saturated rings. The van der Waals surface area contributed by atoms with Crippen LogP contribution in [0, 0.1) is 5.82 Å². The Morgan fingerprint density at radius 2 is 2.00 bits per heavy atom. The molecule has 0 aromatic heterocycles. The first-order valence-electron chi connectivity index (χ1n) is 7.53. The minimum absolute atomic E-state index is 0.0446. The molecule has 1 heterocycles. The molecule has 1 amide bonds. The number of ether oxygens (including phenoxy) is 1. The lowest BCUT2D eigenvalue weighted by atomic mass is 10.1. The maximum atomic E-state index is 13.3. The second-order valence-corrected chi connectivity index (χ2v) is 5.55. The van der Waals surface area contributed by atoms with Crippen LogP contribution in [0.2, 0.25) is 0 Å². The molecule has 0 radical (unpaired) electrons. The highest BCUT2D eigenvalue weighted by Crippen LogP contribution is 2.25. The number of carbonyl (C=O) groups excluding carboxylic acids is 1. The second kappa shape index (κ2) is 7.41. The molecule has 0 aliphatic carbocycles. The maximum Gasteiger partial charge on any atom is 0.260 e. The van der Waals surface area contributed by atoms with Gasteiger partial charge in [-0.25, -0.2) is 4.39 Å². The first-order chi connectivity index (χ1) is 10.1. The average Bonchev–Trinajstić information content (AvgIpc) is 2.73. The van der Waals surface area contributed by atoms with Crippen LogP contribution in [0.5, 0.6) is 5.75 Å². The minimum atomic E-state index is -0.392. The Bertz CT molecular complexity index is 483. The third-order valence-electron chi connectivity index (χ3n) is 3.78. The van der Waals surface area contributed by atoms with Gasteiger partial charge in [0.15, 0.2) is 6.61 Å². The Labute approximate surface area is 125 Å². The molecule has 1 aromatic rings. The van der Waals surface area contributed by atoms with Crippen molar-refractivity contribution in [1.82, 2.24) is 4.90 Å². The zero-order valence-electron chi connectivity index (χ0n) is 12.5. The number of hydrogen-bond acceptors (Lipinski definition) is 3. The third kappa shape index (κ3) is 4.43. The Balaban J connectivity index is 1.98. The number of rotatable bonds is 4. The lowest BCUT2D eigenvalue weighted by Gasteiger charge is -2.21. The van der Waals surface area contributed by atoms with Gasteiger partial charge in [0, 0.05) is 30.8 Å². The van der Waals surface area contributed by atoms with E-state index < -0.39 is 5.82 Å². The standard InChI is InChI=1S/C16H23FN2O2/c1-12(18)14-7-6-13(17)10-15(14)21-11-16(20)19-8-4-2-3-5-9-19/h6-7,10,12H,2-5,8-9,11,18H2,1H3/t12-/m0/s1. The molecule has 1 aliphatic heterocycles. The summed E-state index contributed by atoms with van der Waals surface area (Å²) in [6.45, 7) is 3.30. The Morgan fingerprint density at radius 3 is 2.62 bits per heavy atom. The van der Waals surface area contributed by atoms with E-state index in [9.17, 15) is 9.18 Å². The van der Waals surface area contributed by atoms with Crippen molar-refractivity contribution in [1.29, 1.82) is 0 Å². The van der Waals surface area contributed by atoms with Crippen LogP contribution in [0.15, 0.2) is 18.2 Å². The van der Waals surface area contributed by atoms with Crippen molar-refractivity contribution in [3.8, 4) is 5.75 Å². The topological polar surface area (TPSA) is 55.6 Å². The van der Waals surface area contributed by atoms with Crippen LogP contribution >= 0.6 is 0 Å². The molecule has 2 N–H and O–H groups in total. The molecule has 1 aliphatic rings. The van der Waals surface area contributed by atoms with Crippen LogP contribution in [0.1, 0.15) is 44.2 Å². The van der Waals surface area contributed by atoms with Crippen molar-refractivity contribution >= 4 is 5.91 Å². The molecule has 0 unspecified atom stereocenters. The normalized spacial score (nSPS) is 17.2. The van der Waals surface area contributed by atoms with Crippen molar-refractivity contribution in [3.63, 3.8) is 0 Å². The van der Waals surface area contributed by atoms with E-state index in [2.05, 4.69) is 0 Å². The fourth-order valence-corrected chi connectivity index (χ4v) is 2.56. The van der Waals surface area contributed by atoms with Crippen LogP contribution in [-0.4, -0.2) is 30.5 Å². The Kier molecular flexibility index (Phi) is 5.56. The number of halogens is 1. The first kappa shape index (κ1) is 15.8. The van der Waals surface area contributed by atoms with E-state index in [1.807, 2.05) is 4.90 Å². The van der Waals surface area contributed by atoms with Crippen LogP contribution in [0.3, 0.4) is 0 Å². The molecule has 5 heteroatoms. The molecule has 0 spiro atoms. The highest BCUT2D eigenvalue weighted by Gasteiger charge is 2.17. The van der Waals surface area contributed by atoms with Gasteiger partial charge in [0.2, 0.25) is 0 Å². The van der Waals surface area contributed by atoms with Crippen molar-refractivity contribution < 1.29 is 13.9 Å². The van der Waals surface area contributed by atoms with E-state index in [0.29, 0.717) is 11.3 Å². The lowest BCUT2D eigenvalue weighted by Crippen LogP contribution is -2.35. The zero-order chi connectivity index (χ0) is 15.2. The van der Waals surface area contributed by atoms with Gasteiger partial charge >= 0.3 is 0 Å². The van der Waals surface area contributed by atoms with Crippen LogP contribution in [0.25, 0.3) is 0 Å². The van der Waals surface area contributed by atoms with Crippen molar-refractivity contribution in [3.05, 3.63) is 29.6 Å². The van der Waals surface area contributed by atoms with Crippen LogP contribution < -0.4 is 10.5 Å². The molecular weight excluding hydrogens is 271 g/mol. The summed E-state index contributed by atoms with van der Waals surface area (Å²) < 4.78 is 18.9. The Morgan fingerprint density at radius 1 is 1.33 bits per heavy atom. The predicted octanol–water partition coefficient (Wildman–Crippen LogP) is 2.63. The largest absolute Gasteiger partial charge is 0.483 e. The Hall–Kier alpha value is -1.62. The van der Waals surface area contributed by atoms with Crippen molar-refractivity contribution in [2.75, 3.05) is 19.7 Å². The predicted molar refractivity (Wildman–Crippen MR) is 79.5 cm³/mol. The molecule has 0 bridgehead atoms. The van der Waals surface area contributed by atoms with E-state index in [0.717, 1.165) is 25.9 Å². The molecule has 1 saturated heterocycles. The van der Waals surface area contributed by atoms with E-state index >= 15 is 0 Å². The lowest BCUT2D eigenvalue weighted by molar-refractivity contribution is -0.133. The molecule has 21 heavy (non-hydrogen) atoms. The summed E-state index contributed by atoms with van der Waals surface area (Å²) in [5.41, 5.74) is 6.55. The number of amides is 1. The minimum Gasteiger partial charge on any atom is -0.483 e. The number of likely N-dealkylation sites (tertiary alicyclic amines) is 1. The second-order valence-electron chi connectivity index (χ2n) is 5.55.